The smallest absolute Gasteiger partial charge is 0.320 e. The van der Waals surface area contributed by atoms with Crippen LogP contribution in [-0.4, -0.2) is 59.5 Å². The lowest BCUT2D eigenvalue weighted by Gasteiger charge is -2.32. The standard InChI is InChI=1S/C20H21FN6O/c1-25(2)20(28)27-11-14-10-26(19-17(9-22)23-6-7-24-19)12-16(14)18(27)13-4-3-5-15(21)8-13/h3-8,14,16,18H,10-12H2,1-2H3/t14-,16-,18-/m1/s1. The molecule has 0 radical (unpaired) electrons. The van der Waals surface area contributed by atoms with Crippen molar-refractivity contribution in [2.24, 2.45) is 11.8 Å². The normalized spacial score (nSPS) is 23.4. The number of hydrogen-bond donors (Lipinski definition) is 0. The van der Waals surface area contributed by atoms with E-state index in [1.807, 2.05) is 11.0 Å². The predicted molar refractivity (Wildman–Crippen MR) is 101 cm³/mol. The fraction of sp³-hybridized carbons (Fsp3) is 0.400. The SMILES string of the molecule is CN(C)C(=O)N1C[C@H]2CN(c3nccnc3C#N)C[C@H]2[C@H]1c1cccc(F)c1. The molecule has 0 saturated carbocycles. The summed E-state index contributed by atoms with van der Waals surface area (Å²) in [5.74, 6) is 0.599. The van der Waals surface area contributed by atoms with Gasteiger partial charge in [-0.3, -0.25) is 0 Å². The van der Waals surface area contributed by atoms with Crippen molar-refractivity contribution in [3.05, 3.63) is 53.7 Å². The van der Waals surface area contributed by atoms with Crippen molar-refractivity contribution in [2.75, 3.05) is 38.6 Å². The topological polar surface area (TPSA) is 76.4 Å². The molecule has 2 aliphatic heterocycles. The van der Waals surface area contributed by atoms with E-state index in [2.05, 4.69) is 20.9 Å². The highest BCUT2D eigenvalue weighted by molar-refractivity contribution is 5.75. The van der Waals surface area contributed by atoms with Gasteiger partial charge in [0.1, 0.15) is 11.9 Å². The number of halogens is 1. The number of carbonyl (C=O) groups is 1. The maximum absolute atomic E-state index is 13.9. The minimum absolute atomic E-state index is 0.0765. The summed E-state index contributed by atoms with van der Waals surface area (Å²) in [6, 6.07) is 8.27. The predicted octanol–water partition coefficient (Wildman–Crippen LogP) is 2.28. The zero-order valence-electron chi connectivity index (χ0n) is 15.8. The van der Waals surface area contributed by atoms with Gasteiger partial charge in [-0.05, 0) is 17.7 Å². The maximum atomic E-state index is 13.9. The molecule has 2 aliphatic rings. The van der Waals surface area contributed by atoms with Crippen LogP contribution in [-0.2, 0) is 0 Å². The van der Waals surface area contributed by atoms with Gasteiger partial charge in [0.05, 0.1) is 6.04 Å². The molecule has 144 valence electrons. The van der Waals surface area contributed by atoms with Crippen LogP contribution < -0.4 is 4.90 Å². The lowest BCUT2D eigenvalue weighted by Crippen LogP contribution is -2.41. The molecular weight excluding hydrogens is 359 g/mol. The Balaban J connectivity index is 1.68. The summed E-state index contributed by atoms with van der Waals surface area (Å²) in [4.78, 5) is 26.7. The highest BCUT2D eigenvalue weighted by atomic mass is 19.1. The molecule has 0 bridgehead atoms. The number of hydrogen-bond acceptors (Lipinski definition) is 5. The Morgan fingerprint density at radius 2 is 2.04 bits per heavy atom. The number of benzene rings is 1. The van der Waals surface area contributed by atoms with Gasteiger partial charge in [-0.1, -0.05) is 12.1 Å². The van der Waals surface area contributed by atoms with Crippen LogP contribution in [0.4, 0.5) is 15.0 Å². The molecule has 1 aromatic carbocycles. The van der Waals surface area contributed by atoms with Gasteiger partial charge >= 0.3 is 6.03 Å². The van der Waals surface area contributed by atoms with Crippen LogP contribution >= 0.6 is 0 Å². The molecule has 0 spiro atoms. The first kappa shape index (κ1) is 18.2. The maximum Gasteiger partial charge on any atom is 0.320 e. The van der Waals surface area contributed by atoms with E-state index >= 15 is 0 Å². The van der Waals surface area contributed by atoms with E-state index in [0.717, 1.165) is 5.56 Å². The average molecular weight is 380 g/mol. The number of anilines is 1. The summed E-state index contributed by atoms with van der Waals surface area (Å²) >= 11 is 0. The number of aromatic nitrogens is 2. The zero-order valence-corrected chi connectivity index (χ0v) is 15.8. The lowest BCUT2D eigenvalue weighted by molar-refractivity contribution is 0.159. The Bertz CT molecular complexity index is 942. The Morgan fingerprint density at radius 1 is 1.25 bits per heavy atom. The van der Waals surface area contributed by atoms with E-state index < -0.39 is 0 Å². The molecule has 8 heteroatoms. The minimum Gasteiger partial charge on any atom is -0.353 e. The minimum atomic E-state index is -0.311. The molecule has 4 rings (SSSR count). The highest BCUT2D eigenvalue weighted by Crippen LogP contribution is 2.46. The van der Waals surface area contributed by atoms with Gasteiger partial charge < -0.3 is 14.7 Å². The third-order valence-electron chi connectivity index (χ3n) is 5.57. The number of urea groups is 1. The number of fused-ring (bicyclic) bond motifs is 1. The lowest BCUT2D eigenvalue weighted by atomic mass is 9.89. The van der Waals surface area contributed by atoms with Crippen LogP contribution in [0.5, 0.6) is 0 Å². The first-order chi connectivity index (χ1) is 13.5. The Kier molecular flexibility index (Phi) is 4.59. The Labute approximate surface area is 163 Å². The highest BCUT2D eigenvalue weighted by Gasteiger charge is 2.50. The number of nitrogens with zero attached hydrogens (tertiary/aromatic N) is 6. The van der Waals surface area contributed by atoms with E-state index in [0.29, 0.717) is 31.1 Å². The molecule has 3 atom stereocenters. The Morgan fingerprint density at radius 3 is 2.75 bits per heavy atom. The molecule has 2 fully saturated rings. The number of amides is 2. The van der Waals surface area contributed by atoms with E-state index in [4.69, 9.17) is 0 Å². The third-order valence-corrected chi connectivity index (χ3v) is 5.57. The first-order valence-corrected chi connectivity index (χ1v) is 9.19. The van der Waals surface area contributed by atoms with Crippen LogP contribution in [0.2, 0.25) is 0 Å². The van der Waals surface area contributed by atoms with Crippen molar-refractivity contribution in [3.8, 4) is 6.07 Å². The second-order valence-corrected chi connectivity index (χ2v) is 7.50. The zero-order chi connectivity index (χ0) is 19.8. The van der Waals surface area contributed by atoms with Gasteiger partial charge in [-0.2, -0.15) is 5.26 Å². The average Bonchev–Trinajstić information content (AvgIpc) is 3.25. The van der Waals surface area contributed by atoms with E-state index in [1.165, 1.54) is 18.3 Å². The molecule has 2 saturated heterocycles. The first-order valence-electron chi connectivity index (χ1n) is 9.19. The van der Waals surface area contributed by atoms with Gasteiger partial charge in [-0.15, -0.1) is 0 Å². The van der Waals surface area contributed by atoms with Crippen molar-refractivity contribution in [3.63, 3.8) is 0 Å². The van der Waals surface area contributed by atoms with E-state index in [1.54, 1.807) is 31.3 Å². The molecule has 2 aromatic rings. The van der Waals surface area contributed by atoms with Gasteiger partial charge in [0.15, 0.2) is 11.5 Å². The van der Waals surface area contributed by atoms with Crippen molar-refractivity contribution >= 4 is 11.8 Å². The van der Waals surface area contributed by atoms with E-state index in [-0.39, 0.29) is 29.7 Å². The molecular formula is C20H21FN6O. The van der Waals surface area contributed by atoms with Crippen molar-refractivity contribution in [2.45, 2.75) is 6.04 Å². The van der Waals surface area contributed by atoms with Crippen LogP contribution in [0.15, 0.2) is 36.7 Å². The van der Waals surface area contributed by atoms with Crippen LogP contribution in [0.3, 0.4) is 0 Å². The van der Waals surface area contributed by atoms with Crippen molar-refractivity contribution < 1.29 is 9.18 Å². The number of carbonyl (C=O) groups excluding carboxylic acids is 1. The van der Waals surface area contributed by atoms with Crippen LogP contribution in [0.25, 0.3) is 0 Å². The molecule has 3 heterocycles. The second-order valence-electron chi connectivity index (χ2n) is 7.50. The van der Waals surface area contributed by atoms with Gasteiger partial charge in [0.25, 0.3) is 0 Å². The van der Waals surface area contributed by atoms with Gasteiger partial charge in [-0.25, -0.2) is 19.2 Å². The quantitative estimate of drug-likeness (QED) is 0.799. The molecule has 0 N–H and O–H groups in total. The summed E-state index contributed by atoms with van der Waals surface area (Å²) in [5, 5.41) is 9.34. The summed E-state index contributed by atoms with van der Waals surface area (Å²) in [6.07, 6.45) is 3.09. The monoisotopic (exact) mass is 380 g/mol. The summed E-state index contributed by atoms with van der Waals surface area (Å²) in [5.41, 5.74) is 1.09. The third kappa shape index (κ3) is 3.03. The molecule has 0 unspecified atom stereocenters. The summed E-state index contributed by atoms with van der Waals surface area (Å²) in [7, 11) is 3.45. The molecule has 7 nitrogen and oxygen atoms in total. The second kappa shape index (κ2) is 7.08. The molecule has 0 aliphatic carbocycles. The van der Waals surface area contributed by atoms with E-state index in [9.17, 15) is 14.4 Å². The number of rotatable bonds is 2. The number of nitriles is 1. The Hall–Kier alpha value is -3.21. The van der Waals surface area contributed by atoms with Crippen LogP contribution in [0, 0.1) is 29.0 Å². The molecule has 2 amide bonds. The summed E-state index contributed by atoms with van der Waals surface area (Å²) < 4.78 is 13.9. The van der Waals surface area contributed by atoms with Crippen molar-refractivity contribution in [1.82, 2.24) is 19.8 Å². The fourth-order valence-electron chi connectivity index (χ4n) is 4.43. The molecule has 1 aromatic heterocycles. The van der Waals surface area contributed by atoms with Gasteiger partial charge in [0, 0.05) is 58.0 Å². The molecule has 28 heavy (non-hydrogen) atoms. The van der Waals surface area contributed by atoms with Gasteiger partial charge in [0.2, 0.25) is 0 Å². The van der Waals surface area contributed by atoms with Crippen molar-refractivity contribution in [1.29, 1.82) is 5.26 Å². The number of likely N-dealkylation sites (tertiary alicyclic amines) is 1. The fourth-order valence-corrected chi connectivity index (χ4v) is 4.43. The largest absolute Gasteiger partial charge is 0.353 e. The summed E-state index contributed by atoms with van der Waals surface area (Å²) in [6.45, 7) is 1.90. The van der Waals surface area contributed by atoms with Crippen LogP contribution in [0.1, 0.15) is 17.3 Å².